The van der Waals surface area contributed by atoms with Crippen molar-refractivity contribution < 1.29 is 18.3 Å². The highest BCUT2D eigenvalue weighted by molar-refractivity contribution is 5.77. The summed E-state index contributed by atoms with van der Waals surface area (Å²) in [5.74, 6) is 1.21. The zero-order chi connectivity index (χ0) is 18.8. The van der Waals surface area contributed by atoms with E-state index in [1.54, 1.807) is 25.3 Å². The summed E-state index contributed by atoms with van der Waals surface area (Å²) in [6.45, 7) is -2.92. The molecule has 0 saturated heterocycles. The second kappa shape index (κ2) is 7.02. The van der Waals surface area contributed by atoms with Gasteiger partial charge in [0.2, 0.25) is 5.95 Å². The number of allylic oxidation sites excluding steroid dienone is 1. The van der Waals surface area contributed by atoms with Gasteiger partial charge in [0.25, 0.3) is 0 Å². The Hall–Kier alpha value is -3.49. The van der Waals surface area contributed by atoms with Crippen LogP contribution in [0.25, 0.3) is 5.70 Å². The van der Waals surface area contributed by atoms with Gasteiger partial charge in [-0.2, -0.15) is 13.5 Å². The first-order chi connectivity index (χ1) is 13.2. The number of fused-ring (bicyclic) bond motifs is 1. The van der Waals surface area contributed by atoms with Crippen LogP contribution < -0.4 is 14.8 Å². The largest absolute Gasteiger partial charge is 0.497 e. The van der Waals surface area contributed by atoms with Crippen molar-refractivity contribution in [2.24, 2.45) is 0 Å². The van der Waals surface area contributed by atoms with E-state index in [2.05, 4.69) is 25.6 Å². The smallest absolute Gasteiger partial charge is 0.387 e. The molecular weight excluding hydrogens is 356 g/mol. The molecule has 0 aliphatic carbocycles. The minimum atomic E-state index is -2.92. The maximum atomic E-state index is 12.8. The highest BCUT2D eigenvalue weighted by atomic mass is 19.3. The second-order valence-electron chi connectivity index (χ2n) is 5.74. The number of methoxy groups -OCH3 is 1. The number of hydrogen-bond acceptors (Lipinski definition) is 6. The van der Waals surface area contributed by atoms with Crippen molar-refractivity contribution in [2.75, 3.05) is 12.4 Å². The molecule has 0 spiro atoms. The van der Waals surface area contributed by atoms with Crippen LogP contribution in [0.1, 0.15) is 17.2 Å². The minimum Gasteiger partial charge on any atom is -0.497 e. The predicted molar refractivity (Wildman–Crippen MR) is 93.6 cm³/mol. The number of rotatable bonds is 5. The number of tetrazole rings is 1. The van der Waals surface area contributed by atoms with Crippen molar-refractivity contribution in [1.82, 2.24) is 20.2 Å². The third-order valence-corrected chi connectivity index (χ3v) is 4.18. The van der Waals surface area contributed by atoms with E-state index in [9.17, 15) is 8.78 Å². The van der Waals surface area contributed by atoms with Crippen molar-refractivity contribution in [1.29, 1.82) is 0 Å². The number of alkyl halides is 2. The Morgan fingerprint density at radius 3 is 2.63 bits per heavy atom. The number of aromatic nitrogens is 4. The molecule has 7 nitrogen and oxygen atoms in total. The quantitative estimate of drug-likeness (QED) is 0.742. The first-order valence-electron chi connectivity index (χ1n) is 8.10. The molecule has 27 heavy (non-hydrogen) atoms. The monoisotopic (exact) mass is 371 g/mol. The van der Waals surface area contributed by atoms with Gasteiger partial charge < -0.3 is 14.8 Å². The van der Waals surface area contributed by atoms with E-state index in [4.69, 9.17) is 4.74 Å². The summed E-state index contributed by atoms with van der Waals surface area (Å²) in [6.07, 6.45) is 1.86. The maximum absolute atomic E-state index is 12.8. The van der Waals surface area contributed by atoms with Crippen LogP contribution in [-0.4, -0.2) is 33.9 Å². The van der Waals surface area contributed by atoms with Crippen LogP contribution >= 0.6 is 0 Å². The number of ether oxygens (including phenoxy) is 2. The molecule has 0 bridgehead atoms. The van der Waals surface area contributed by atoms with Crippen molar-refractivity contribution in [3.05, 3.63) is 65.7 Å². The number of nitrogens with zero attached hydrogens (tertiary/aromatic N) is 4. The topological polar surface area (TPSA) is 74.1 Å². The van der Waals surface area contributed by atoms with E-state index in [1.807, 2.05) is 30.3 Å². The lowest BCUT2D eigenvalue weighted by molar-refractivity contribution is -0.0506. The van der Waals surface area contributed by atoms with E-state index in [0.29, 0.717) is 11.5 Å². The van der Waals surface area contributed by atoms with Crippen molar-refractivity contribution >= 4 is 11.6 Å². The molecule has 1 aliphatic heterocycles. The van der Waals surface area contributed by atoms with Gasteiger partial charge in [-0.05, 0) is 52.4 Å². The molecule has 3 aromatic rings. The van der Waals surface area contributed by atoms with E-state index in [1.165, 1.54) is 10.7 Å². The van der Waals surface area contributed by atoms with Gasteiger partial charge in [0.05, 0.1) is 7.11 Å². The highest BCUT2D eigenvalue weighted by Gasteiger charge is 2.27. The Kier molecular flexibility index (Phi) is 4.41. The van der Waals surface area contributed by atoms with Gasteiger partial charge in [0.1, 0.15) is 17.5 Å². The fourth-order valence-corrected chi connectivity index (χ4v) is 2.94. The van der Waals surface area contributed by atoms with Crippen LogP contribution in [0, 0.1) is 0 Å². The lowest BCUT2D eigenvalue weighted by atomic mass is 10.0. The van der Waals surface area contributed by atoms with Crippen LogP contribution in [-0.2, 0) is 0 Å². The van der Waals surface area contributed by atoms with Crippen LogP contribution in [0.15, 0.2) is 54.6 Å². The summed E-state index contributed by atoms with van der Waals surface area (Å²) < 4.78 is 37.0. The SMILES string of the molecule is COc1ccc(C2=CC(c3ccccc3OC(F)F)n3nnnc3N2)cc1. The summed E-state index contributed by atoms with van der Waals surface area (Å²) in [7, 11) is 1.59. The second-order valence-corrected chi connectivity index (χ2v) is 5.74. The van der Waals surface area contributed by atoms with Gasteiger partial charge >= 0.3 is 6.61 Å². The van der Waals surface area contributed by atoms with E-state index >= 15 is 0 Å². The Morgan fingerprint density at radius 2 is 1.89 bits per heavy atom. The summed E-state index contributed by atoms with van der Waals surface area (Å²) >= 11 is 0. The first kappa shape index (κ1) is 17.0. The van der Waals surface area contributed by atoms with E-state index < -0.39 is 12.7 Å². The molecule has 4 rings (SSSR count). The Balaban J connectivity index is 1.78. The van der Waals surface area contributed by atoms with E-state index in [0.717, 1.165) is 17.0 Å². The first-order valence-corrected chi connectivity index (χ1v) is 8.10. The standard InChI is InChI=1S/C18H15F2N5O2/c1-26-12-8-6-11(7-9-12)14-10-15(25-18(21-14)22-23-24-25)13-4-2-3-5-16(13)27-17(19)20/h2-10,15,17H,1H3,(H,21,22,24). The molecule has 0 fully saturated rings. The third-order valence-electron chi connectivity index (χ3n) is 4.18. The fourth-order valence-electron chi connectivity index (χ4n) is 2.94. The number of anilines is 1. The van der Waals surface area contributed by atoms with E-state index in [-0.39, 0.29) is 5.75 Å². The normalized spacial score (nSPS) is 15.7. The average molecular weight is 371 g/mol. The zero-order valence-electron chi connectivity index (χ0n) is 14.2. The van der Waals surface area contributed by atoms with Crippen LogP contribution in [0.5, 0.6) is 11.5 Å². The summed E-state index contributed by atoms with van der Waals surface area (Å²) in [4.78, 5) is 0. The third kappa shape index (κ3) is 3.31. The molecule has 1 aliphatic rings. The molecule has 1 aromatic heterocycles. The number of halogens is 2. The number of benzene rings is 2. The molecule has 138 valence electrons. The summed E-state index contributed by atoms with van der Waals surface area (Å²) in [6, 6.07) is 13.5. The van der Waals surface area contributed by atoms with Gasteiger partial charge in [-0.1, -0.05) is 23.3 Å². The molecule has 2 heterocycles. The number of nitrogens with one attached hydrogen (secondary N) is 1. The van der Waals surface area contributed by atoms with Crippen molar-refractivity contribution in [2.45, 2.75) is 12.7 Å². The molecule has 1 unspecified atom stereocenters. The molecule has 2 aromatic carbocycles. The van der Waals surface area contributed by atoms with Crippen LogP contribution in [0.3, 0.4) is 0 Å². The van der Waals surface area contributed by atoms with Gasteiger partial charge in [0.15, 0.2) is 0 Å². The molecule has 0 radical (unpaired) electrons. The molecule has 1 atom stereocenters. The van der Waals surface area contributed by atoms with Gasteiger partial charge in [-0.25, -0.2) is 0 Å². The maximum Gasteiger partial charge on any atom is 0.387 e. The summed E-state index contributed by atoms with van der Waals surface area (Å²) in [5.41, 5.74) is 2.15. The highest BCUT2D eigenvalue weighted by Crippen LogP contribution is 2.36. The Morgan fingerprint density at radius 1 is 1.11 bits per heavy atom. The Labute approximate surface area is 153 Å². The van der Waals surface area contributed by atoms with Crippen LogP contribution in [0.4, 0.5) is 14.7 Å². The van der Waals surface area contributed by atoms with Crippen LogP contribution in [0.2, 0.25) is 0 Å². The number of hydrogen-bond donors (Lipinski definition) is 1. The predicted octanol–water partition coefficient (Wildman–Crippen LogP) is 3.34. The lowest BCUT2D eigenvalue weighted by Gasteiger charge is -2.25. The fraction of sp³-hybridized carbons (Fsp3) is 0.167. The molecule has 0 amide bonds. The van der Waals surface area contributed by atoms with Gasteiger partial charge in [0, 0.05) is 11.3 Å². The zero-order valence-corrected chi connectivity index (χ0v) is 14.2. The Bertz CT molecular complexity index is 972. The number of para-hydroxylation sites is 1. The molecular formula is C18H15F2N5O2. The van der Waals surface area contributed by atoms with Crippen molar-refractivity contribution in [3.63, 3.8) is 0 Å². The summed E-state index contributed by atoms with van der Waals surface area (Å²) in [5, 5.41) is 14.8. The molecule has 9 heteroatoms. The molecule has 1 N–H and O–H groups in total. The minimum absolute atomic E-state index is 0.0752. The van der Waals surface area contributed by atoms with Gasteiger partial charge in [-0.15, -0.1) is 0 Å². The van der Waals surface area contributed by atoms with Gasteiger partial charge in [-0.3, -0.25) is 0 Å². The molecule has 0 saturated carbocycles. The average Bonchev–Trinajstić information content (AvgIpc) is 3.16. The van der Waals surface area contributed by atoms with Crippen molar-refractivity contribution in [3.8, 4) is 11.5 Å². The lowest BCUT2D eigenvalue weighted by Crippen LogP contribution is -2.21.